The molecule has 1 fully saturated rings. The summed E-state index contributed by atoms with van der Waals surface area (Å²) in [4.78, 5) is 13.5. The van der Waals surface area contributed by atoms with E-state index in [4.69, 9.17) is 10.5 Å². The molecule has 1 aliphatic heterocycles. The van der Waals surface area contributed by atoms with E-state index < -0.39 is 0 Å². The average molecular weight is 296 g/mol. The normalized spacial score (nSPS) is 19.9. The molecule has 0 radical (unpaired) electrons. The number of carbonyl (C=O) groups is 1. The van der Waals surface area contributed by atoms with E-state index in [0.717, 1.165) is 19.7 Å². The van der Waals surface area contributed by atoms with Gasteiger partial charge >= 0.3 is 0 Å². The van der Waals surface area contributed by atoms with E-state index in [9.17, 15) is 4.79 Å². The standard InChI is InChI=1S/C13H24N6O2/c1-10(2)18-3-4-21-12(8-18)9-19-7-11(16-17-19)6-15-13(20)5-14/h7,10,12H,3-6,8-9,14H2,1-2H3,(H,15,20). The molecule has 118 valence electrons. The first-order valence-corrected chi connectivity index (χ1v) is 7.30. The second-order valence-electron chi connectivity index (χ2n) is 5.49. The highest BCUT2D eigenvalue weighted by molar-refractivity contribution is 5.77. The largest absolute Gasteiger partial charge is 0.374 e. The molecule has 1 saturated heterocycles. The van der Waals surface area contributed by atoms with Gasteiger partial charge in [-0.15, -0.1) is 5.10 Å². The molecule has 8 heteroatoms. The van der Waals surface area contributed by atoms with Crippen molar-refractivity contribution in [1.29, 1.82) is 0 Å². The van der Waals surface area contributed by atoms with Crippen molar-refractivity contribution in [2.45, 2.75) is 39.1 Å². The maximum absolute atomic E-state index is 11.1. The lowest BCUT2D eigenvalue weighted by Crippen LogP contribution is -2.47. The van der Waals surface area contributed by atoms with Crippen LogP contribution in [0.3, 0.4) is 0 Å². The Balaban J connectivity index is 1.83. The second-order valence-corrected chi connectivity index (χ2v) is 5.49. The van der Waals surface area contributed by atoms with Gasteiger partial charge in [0.25, 0.3) is 0 Å². The quantitative estimate of drug-likeness (QED) is 0.696. The fraction of sp³-hybridized carbons (Fsp3) is 0.769. The molecule has 0 saturated carbocycles. The number of amides is 1. The van der Waals surface area contributed by atoms with E-state index in [2.05, 4.69) is 34.4 Å². The van der Waals surface area contributed by atoms with Crippen LogP contribution in [-0.4, -0.2) is 64.2 Å². The average Bonchev–Trinajstić information content (AvgIpc) is 2.92. The lowest BCUT2D eigenvalue weighted by Gasteiger charge is -2.35. The molecule has 0 spiro atoms. The Morgan fingerprint density at radius 1 is 1.62 bits per heavy atom. The third kappa shape index (κ3) is 4.76. The highest BCUT2D eigenvalue weighted by Crippen LogP contribution is 2.10. The van der Waals surface area contributed by atoms with Gasteiger partial charge in [-0.05, 0) is 13.8 Å². The molecule has 0 aromatic carbocycles. The molecule has 2 rings (SSSR count). The Morgan fingerprint density at radius 2 is 2.43 bits per heavy atom. The smallest absolute Gasteiger partial charge is 0.234 e. The van der Waals surface area contributed by atoms with E-state index in [1.165, 1.54) is 0 Å². The zero-order valence-electron chi connectivity index (χ0n) is 12.7. The molecule has 2 heterocycles. The van der Waals surface area contributed by atoms with E-state index in [-0.39, 0.29) is 18.6 Å². The van der Waals surface area contributed by atoms with Gasteiger partial charge in [-0.1, -0.05) is 5.21 Å². The van der Waals surface area contributed by atoms with Crippen LogP contribution in [0.4, 0.5) is 0 Å². The fourth-order valence-corrected chi connectivity index (χ4v) is 2.30. The van der Waals surface area contributed by atoms with Crippen LogP contribution in [-0.2, 0) is 22.6 Å². The molecule has 1 aromatic heterocycles. The number of hydrogen-bond acceptors (Lipinski definition) is 6. The molecule has 3 N–H and O–H groups in total. The van der Waals surface area contributed by atoms with Crippen molar-refractivity contribution in [1.82, 2.24) is 25.2 Å². The zero-order valence-corrected chi connectivity index (χ0v) is 12.7. The van der Waals surface area contributed by atoms with Crippen LogP contribution < -0.4 is 11.1 Å². The summed E-state index contributed by atoms with van der Waals surface area (Å²) in [6.07, 6.45) is 1.95. The van der Waals surface area contributed by atoms with Crippen molar-refractivity contribution in [3.63, 3.8) is 0 Å². The van der Waals surface area contributed by atoms with Crippen LogP contribution in [0.2, 0.25) is 0 Å². The van der Waals surface area contributed by atoms with E-state index >= 15 is 0 Å². The molecule has 1 aliphatic rings. The molecule has 0 bridgehead atoms. The monoisotopic (exact) mass is 296 g/mol. The minimum Gasteiger partial charge on any atom is -0.374 e. The van der Waals surface area contributed by atoms with Gasteiger partial charge in [0.15, 0.2) is 0 Å². The maximum Gasteiger partial charge on any atom is 0.234 e. The molecule has 1 unspecified atom stereocenters. The van der Waals surface area contributed by atoms with Crippen molar-refractivity contribution < 1.29 is 9.53 Å². The Kier molecular flexibility index (Phi) is 5.66. The maximum atomic E-state index is 11.1. The van der Waals surface area contributed by atoms with Crippen LogP contribution >= 0.6 is 0 Å². The fourth-order valence-electron chi connectivity index (χ4n) is 2.30. The third-order valence-electron chi connectivity index (χ3n) is 3.53. The molecule has 1 aromatic rings. The zero-order chi connectivity index (χ0) is 15.2. The van der Waals surface area contributed by atoms with Crippen molar-refractivity contribution in [2.24, 2.45) is 5.73 Å². The minimum absolute atomic E-state index is 0.0188. The molecule has 1 amide bonds. The van der Waals surface area contributed by atoms with Crippen molar-refractivity contribution in [2.75, 3.05) is 26.2 Å². The number of nitrogens with zero attached hydrogens (tertiary/aromatic N) is 4. The van der Waals surface area contributed by atoms with Crippen LogP contribution in [0.1, 0.15) is 19.5 Å². The van der Waals surface area contributed by atoms with Gasteiger partial charge in [0.2, 0.25) is 5.91 Å². The van der Waals surface area contributed by atoms with E-state index in [1.807, 2.05) is 6.20 Å². The SMILES string of the molecule is CC(C)N1CCOC(Cn2cc(CNC(=O)CN)nn2)C1. The summed E-state index contributed by atoms with van der Waals surface area (Å²) >= 11 is 0. The first-order chi connectivity index (χ1) is 10.1. The van der Waals surface area contributed by atoms with Gasteiger partial charge < -0.3 is 15.8 Å². The highest BCUT2D eigenvalue weighted by Gasteiger charge is 2.22. The van der Waals surface area contributed by atoms with Gasteiger partial charge in [-0.2, -0.15) is 0 Å². The molecular formula is C13H24N6O2. The van der Waals surface area contributed by atoms with Crippen LogP contribution in [0.5, 0.6) is 0 Å². The summed E-state index contributed by atoms with van der Waals surface area (Å²) < 4.78 is 7.53. The molecule has 21 heavy (non-hydrogen) atoms. The summed E-state index contributed by atoms with van der Waals surface area (Å²) in [7, 11) is 0. The van der Waals surface area contributed by atoms with Crippen molar-refractivity contribution >= 4 is 5.91 Å². The van der Waals surface area contributed by atoms with Gasteiger partial charge in [-0.25, -0.2) is 4.68 Å². The van der Waals surface area contributed by atoms with Crippen LogP contribution in [0.25, 0.3) is 0 Å². The predicted molar refractivity (Wildman–Crippen MR) is 77.4 cm³/mol. The Hall–Kier alpha value is -1.51. The summed E-state index contributed by atoms with van der Waals surface area (Å²) in [6.45, 7) is 8.00. The van der Waals surface area contributed by atoms with Crippen LogP contribution in [0, 0.1) is 0 Å². The molecular weight excluding hydrogens is 272 g/mol. The second kappa shape index (κ2) is 7.48. The lowest BCUT2D eigenvalue weighted by molar-refractivity contribution is -0.119. The number of carbonyl (C=O) groups excluding carboxylic acids is 1. The topological polar surface area (TPSA) is 98.3 Å². The highest BCUT2D eigenvalue weighted by atomic mass is 16.5. The minimum atomic E-state index is -0.201. The molecule has 0 aliphatic carbocycles. The summed E-state index contributed by atoms with van der Waals surface area (Å²) in [6, 6.07) is 0.522. The summed E-state index contributed by atoms with van der Waals surface area (Å²) in [5, 5.41) is 10.8. The molecule has 8 nitrogen and oxygen atoms in total. The summed E-state index contributed by atoms with van der Waals surface area (Å²) in [5.41, 5.74) is 5.94. The predicted octanol–water partition coefficient (Wildman–Crippen LogP) is -1.04. The number of ether oxygens (including phenoxy) is 1. The van der Waals surface area contributed by atoms with Crippen molar-refractivity contribution in [3.05, 3.63) is 11.9 Å². The molecule has 1 atom stereocenters. The van der Waals surface area contributed by atoms with Crippen LogP contribution in [0.15, 0.2) is 6.20 Å². The number of nitrogens with one attached hydrogen (secondary N) is 1. The van der Waals surface area contributed by atoms with Crippen molar-refractivity contribution in [3.8, 4) is 0 Å². The number of rotatable bonds is 6. The first-order valence-electron chi connectivity index (χ1n) is 7.30. The van der Waals surface area contributed by atoms with Gasteiger partial charge in [-0.3, -0.25) is 9.69 Å². The van der Waals surface area contributed by atoms with Gasteiger partial charge in [0, 0.05) is 19.1 Å². The Morgan fingerprint density at radius 3 is 3.14 bits per heavy atom. The Labute approximate surface area is 124 Å². The summed E-state index contributed by atoms with van der Waals surface area (Å²) in [5.74, 6) is -0.201. The third-order valence-corrected chi connectivity index (χ3v) is 3.53. The van der Waals surface area contributed by atoms with Gasteiger partial charge in [0.05, 0.1) is 38.5 Å². The van der Waals surface area contributed by atoms with Gasteiger partial charge in [0.1, 0.15) is 5.69 Å². The number of nitrogens with two attached hydrogens (primary N) is 1. The lowest BCUT2D eigenvalue weighted by atomic mass is 10.2. The number of morpholine rings is 1. The number of hydrogen-bond donors (Lipinski definition) is 2. The van der Waals surface area contributed by atoms with E-state index in [0.29, 0.717) is 24.8 Å². The first kappa shape index (κ1) is 15.9. The van der Waals surface area contributed by atoms with E-state index in [1.54, 1.807) is 4.68 Å². The Bertz CT molecular complexity index is 461. The number of aromatic nitrogens is 3.